The van der Waals surface area contributed by atoms with Gasteiger partial charge in [0.15, 0.2) is 0 Å². The Morgan fingerprint density at radius 3 is 2.72 bits per heavy atom. The van der Waals surface area contributed by atoms with Crippen LogP contribution in [0.4, 0.5) is 4.39 Å². The second-order valence-electron chi connectivity index (χ2n) is 5.70. The van der Waals surface area contributed by atoms with E-state index in [0.717, 1.165) is 19.3 Å². The van der Waals surface area contributed by atoms with Gasteiger partial charge in [-0.15, -0.1) is 0 Å². The van der Waals surface area contributed by atoms with E-state index in [1.165, 1.54) is 0 Å². The summed E-state index contributed by atoms with van der Waals surface area (Å²) in [5.41, 5.74) is 0.356. The molecule has 0 bridgehead atoms. The highest BCUT2D eigenvalue weighted by molar-refractivity contribution is 9.10. The van der Waals surface area contributed by atoms with Crippen LogP contribution in [0.25, 0.3) is 0 Å². The molecule has 1 fully saturated rings. The SMILES string of the molecule is CC1(C)CCCC1C(O)c1ccc(Br)c(Cl)c1F. The minimum atomic E-state index is -0.784. The molecule has 1 aromatic carbocycles. The standard InChI is InChI=1S/C14H17BrClFO/c1-14(2)7-3-4-9(14)13(18)8-5-6-10(15)11(16)12(8)17/h5-6,9,13,18H,3-4,7H2,1-2H3. The first-order chi connectivity index (χ1) is 8.34. The molecule has 0 spiro atoms. The molecular formula is C14H17BrClFO. The fourth-order valence-electron chi connectivity index (χ4n) is 2.92. The zero-order chi connectivity index (χ0) is 13.5. The van der Waals surface area contributed by atoms with Crippen LogP contribution in [-0.4, -0.2) is 5.11 Å². The predicted octanol–water partition coefficient (Wildman–Crippen LogP) is 5.10. The summed E-state index contributed by atoms with van der Waals surface area (Å²) in [6, 6.07) is 3.30. The minimum absolute atomic E-state index is 0.0438. The molecule has 1 aliphatic rings. The largest absolute Gasteiger partial charge is 0.388 e. The molecule has 2 unspecified atom stereocenters. The van der Waals surface area contributed by atoms with Crippen molar-refractivity contribution in [2.75, 3.05) is 0 Å². The number of aliphatic hydroxyl groups excluding tert-OH is 1. The molecule has 1 saturated carbocycles. The Balaban J connectivity index is 2.35. The molecule has 1 aliphatic carbocycles. The topological polar surface area (TPSA) is 20.2 Å². The van der Waals surface area contributed by atoms with E-state index in [1.807, 2.05) is 0 Å². The Morgan fingerprint density at radius 1 is 1.50 bits per heavy atom. The summed E-state index contributed by atoms with van der Waals surface area (Å²) in [4.78, 5) is 0. The summed E-state index contributed by atoms with van der Waals surface area (Å²) < 4.78 is 14.6. The van der Waals surface area contributed by atoms with Crippen LogP contribution in [0.1, 0.15) is 44.8 Å². The van der Waals surface area contributed by atoms with Crippen LogP contribution in [0.15, 0.2) is 16.6 Å². The van der Waals surface area contributed by atoms with E-state index in [4.69, 9.17) is 11.6 Å². The van der Waals surface area contributed by atoms with Gasteiger partial charge in [-0.25, -0.2) is 4.39 Å². The van der Waals surface area contributed by atoms with Crippen molar-refractivity contribution in [2.45, 2.75) is 39.2 Å². The summed E-state index contributed by atoms with van der Waals surface area (Å²) in [6.07, 6.45) is 2.30. The van der Waals surface area contributed by atoms with Crippen molar-refractivity contribution in [1.82, 2.24) is 0 Å². The zero-order valence-electron chi connectivity index (χ0n) is 10.5. The van der Waals surface area contributed by atoms with Crippen molar-refractivity contribution in [3.05, 3.63) is 33.0 Å². The molecule has 0 aromatic heterocycles. The first-order valence-corrected chi connectivity index (χ1v) is 7.33. The van der Waals surface area contributed by atoms with Crippen LogP contribution >= 0.6 is 27.5 Å². The van der Waals surface area contributed by atoms with Crippen LogP contribution in [-0.2, 0) is 0 Å². The normalized spacial score (nSPS) is 24.2. The molecule has 2 atom stereocenters. The predicted molar refractivity (Wildman–Crippen MR) is 75.2 cm³/mol. The van der Waals surface area contributed by atoms with E-state index in [2.05, 4.69) is 29.8 Å². The van der Waals surface area contributed by atoms with Gasteiger partial charge in [0.2, 0.25) is 0 Å². The van der Waals surface area contributed by atoms with Crippen molar-refractivity contribution < 1.29 is 9.50 Å². The molecule has 0 aliphatic heterocycles. The van der Waals surface area contributed by atoms with E-state index in [-0.39, 0.29) is 16.4 Å². The molecule has 2 rings (SSSR count). The van der Waals surface area contributed by atoms with Gasteiger partial charge in [0.05, 0.1) is 11.1 Å². The second-order valence-corrected chi connectivity index (χ2v) is 6.93. The Kier molecular flexibility index (Phi) is 4.05. The van der Waals surface area contributed by atoms with E-state index in [0.29, 0.717) is 10.0 Å². The van der Waals surface area contributed by atoms with Gasteiger partial charge in [-0.1, -0.05) is 37.9 Å². The van der Waals surface area contributed by atoms with Crippen LogP contribution in [0, 0.1) is 17.2 Å². The number of hydrogen-bond acceptors (Lipinski definition) is 1. The lowest BCUT2D eigenvalue weighted by Gasteiger charge is -2.31. The quantitative estimate of drug-likeness (QED) is 0.745. The van der Waals surface area contributed by atoms with E-state index in [9.17, 15) is 9.50 Å². The second kappa shape index (κ2) is 5.10. The average molecular weight is 336 g/mol. The van der Waals surface area contributed by atoms with Gasteiger partial charge >= 0.3 is 0 Å². The first kappa shape index (κ1) is 14.3. The highest BCUT2D eigenvalue weighted by atomic mass is 79.9. The van der Waals surface area contributed by atoms with E-state index >= 15 is 0 Å². The lowest BCUT2D eigenvalue weighted by atomic mass is 9.77. The third kappa shape index (κ3) is 2.45. The van der Waals surface area contributed by atoms with Gasteiger partial charge in [0.25, 0.3) is 0 Å². The lowest BCUT2D eigenvalue weighted by Crippen LogP contribution is -2.24. The van der Waals surface area contributed by atoms with Gasteiger partial charge in [0, 0.05) is 10.0 Å². The number of hydrogen-bond donors (Lipinski definition) is 1. The Hall–Kier alpha value is -0.120. The van der Waals surface area contributed by atoms with Crippen molar-refractivity contribution in [3.63, 3.8) is 0 Å². The molecule has 18 heavy (non-hydrogen) atoms. The Bertz CT molecular complexity index is 461. The van der Waals surface area contributed by atoms with Gasteiger partial charge in [-0.2, -0.15) is 0 Å². The monoisotopic (exact) mass is 334 g/mol. The molecule has 1 N–H and O–H groups in total. The minimum Gasteiger partial charge on any atom is -0.388 e. The molecular weight excluding hydrogens is 319 g/mol. The van der Waals surface area contributed by atoms with Crippen molar-refractivity contribution in [1.29, 1.82) is 0 Å². The van der Waals surface area contributed by atoms with Crippen LogP contribution in [0.2, 0.25) is 5.02 Å². The molecule has 4 heteroatoms. The first-order valence-electron chi connectivity index (χ1n) is 6.16. The molecule has 1 nitrogen and oxygen atoms in total. The third-order valence-corrected chi connectivity index (χ3v) is 5.36. The van der Waals surface area contributed by atoms with Crippen LogP contribution < -0.4 is 0 Å². The number of aliphatic hydroxyl groups is 1. The summed E-state index contributed by atoms with van der Waals surface area (Å²) in [5.74, 6) is -0.425. The number of halogens is 3. The van der Waals surface area contributed by atoms with Gasteiger partial charge < -0.3 is 5.11 Å². The molecule has 0 radical (unpaired) electrons. The molecule has 0 heterocycles. The molecule has 0 saturated heterocycles. The van der Waals surface area contributed by atoms with E-state index < -0.39 is 11.9 Å². The van der Waals surface area contributed by atoms with Crippen LogP contribution in [0.3, 0.4) is 0 Å². The molecule has 0 amide bonds. The maximum atomic E-state index is 14.1. The number of benzene rings is 1. The summed E-state index contributed by atoms with van der Waals surface area (Å²) in [5, 5.41) is 10.5. The third-order valence-electron chi connectivity index (χ3n) is 4.10. The highest BCUT2D eigenvalue weighted by Gasteiger charge is 2.40. The maximum Gasteiger partial charge on any atom is 0.148 e. The summed E-state index contributed by atoms with van der Waals surface area (Å²) in [7, 11) is 0. The van der Waals surface area contributed by atoms with Crippen molar-refractivity contribution in [2.24, 2.45) is 11.3 Å². The lowest BCUT2D eigenvalue weighted by molar-refractivity contribution is 0.0505. The fourth-order valence-corrected chi connectivity index (χ4v) is 3.40. The van der Waals surface area contributed by atoms with E-state index in [1.54, 1.807) is 12.1 Å². The van der Waals surface area contributed by atoms with Gasteiger partial charge in [0.1, 0.15) is 5.82 Å². The fraction of sp³-hybridized carbons (Fsp3) is 0.571. The van der Waals surface area contributed by atoms with Crippen molar-refractivity contribution in [3.8, 4) is 0 Å². The Morgan fingerprint density at radius 2 is 2.17 bits per heavy atom. The van der Waals surface area contributed by atoms with Gasteiger partial charge in [-0.3, -0.25) is 0 Å². The Labute approximate surface area is 120 Å². The number of rotatable bonds is 2. The molecule has 1 aromatic rings. The highest BCUT2D eigenvalue weighted by Crippen LogP contribution is 2.49. The average Bonchev–Trinajstić information content (AvgIpc) is 2.65. The summed E-state index contributed by atoms with van der Waals surface area (Å²) >= 11 is 9.05. The van der Waals surface area contributed by atoms with Crippen LogP contribution in [0.5, 0.6) is 0 Å². The maximum absolute atomic E-state index is 14.1. The zero-order valence-corrected chi connectivity index (χ0v) is 12.9. The molecule has 100 valence electrons. The van der Waals surface area contributed by atoms with Crippen molar-refractivity contribution >= 4 is 27.5 Å². The van der Waals surface area contributed by atoms with Gasteiger partial charge in [-0.05, 0) is 46.2 Å². The smallest absolute Gasteiger partial charge is 0.148 e. The summed E-state index contributed by atoms with van der Waals surface area (Å²) in [6.45, 7) is 4.26.